The van der Waals surface area contributed by atoms with Gasteiger partial charge in [0.25, 0.3) is 0 Å². The number of nitrogens with one attached hydrogen (secondary N) is 2. The number of halogens is 3. The highest BCUT2D eigenvalue weighted by molar-refractivity contribution is 5.68. The van der Waals surface area contributed by atoms with Crippen LogP contribution in [0.2, 0.25) is 0 Å². The predicted molar refractivity (Wildman–Crippen MR) is 111 cm³/mol. The SMILES string of the molecule is CCOc1ccc(Nc2cc(-c3cccc(OC(F)(F)F)c3)nc(NCCO)n2)cc1. The Morgan fingerprint density at radius 2 is 1.77 bits per heavy atom. The average Bonchev–Trinajstić information content (AvgIpc) is 2.73. The van der Waals surface area contributed by atoms with Gasteiger partial charge < -0.3 is 25.2 Å². The van der Waals surface area contributed by atoms with E-state index in [2.05, 4.69) is 25.3 Å². The summed E-state index contributed by atoms with van der Waals surface area (Å²) in [6.07, 6.45) is -4.79. The second-order valence-electron chi connectivity index (χ2n) is 6.27. The van der Waals surface area contributed by atoms with Crippen LogP contribution in [0.5, 0.6) is 11.5 Å². The van der Waals surface area contributed by atoms with E-state index in [0.29, 0.717) is 23.7 Å². The molecule has 0 aliphatic carbocycles. The molecular formula is C21H21F3N4O3. The van der Waals surface area contributed by atoms with Crippen molar-refractivity contribution in [3.8, 4) is 22.8 Å². The van der Waals surface area contributed by atoms with Crippen LogP contribution in [-0.4, -0.2) is 41.2 Å². The summed E-state index contributed by atoms with van der Waals surface area (Å²) in [4.78, 5) is 8.67. The van der Waals surface area contributed by atoms with E-state index in [-0.39, 0.29) is 24.8 Å². The van der Waals surface area contributed by atoms with Gasteiger partial charge in [-0.25, -0.2) is 4.98 Å². The second-order valence-corrected chi connectivity index (χ2v) is 6.27. The van der Waals surface area contributed by atoms with Gasteiger partial charge in [-0.15, -0.1) is 13.2 Å². The molecule has 0 amide bonds. The predicted octanol–water partition coefficient (Wildman–Crippen LogP) is 4.59. The van der Waals surface area contributed by atoms with Crippen molar-refractivity contribution in [2.45, 2.75) is 13.3 Å². The van der Waals surface area contributed by atoms with Crippen molar-refractivity contribution in [1.29, 1.82) is 0 Å². The van der Waals surface area contributed by atoms with Gasteiger partial charge in [0.05, 0.1) is 18.9 Å². The van der Waals surface area contributed by atoms with Crippen LogP contribution in [-0.2, 0) is 0 Å². The van der Waals surface area contributed by atoms with E-state index in [1.807, 2.05) is 19.1 Å². The van der Waals surface area contributed by atoms with Crippen LogP contribution in [0.25, 0.3) is 11.3 Å². The highest BCUT2D eigenvalue weighted by Crippen LogP contribution is 2.29. The van der Waals surface area contributed by atoms with Crippen molar-refractivity contribution < 1.29 is 27.8 Å². The minimum absolute atomic E-state index is 0.135. The number of aromatic nitrogens is 2. The lowest BCUT2D eigenvalue weighted by Crippen LogP contribution is -2.17. The molecule has 0 unspecified atom stereocenters. The standard InChI is InChI=1S/C21H21F3N4O3/c1-2-30-16-8-6-15(7-9-16)26-19-13-18(27-20(28-19)25-10-11-29)14-4-3-5-17(12-14)31-21(22,23)24/h3-9,12-13,29H,2,10-11H2,1H3,(H2,25,26,27,28). The van der Waals surface area contributed by atoms with Crippen molar-refractivity contribution >= 4 is 17.5 Å². The molecule has 2 aromatic carbocycles. The van der Waals surface area contributed by atoms with Gasteiger partial charge in [-0.05, 0) is 43.3 Å². The summed E-state index contributed by atoms with van der Waals surface area (Å²) in [6, 6.07) is 14.3. The number of anilines is 3. The molecule has 1 heterocycles. The first-order valence-electron chi connectivity index (χ1n) is 9.46. The first kappa shape index (κ1) is 22.2. The fraction of sp³-hybridized carbons (Fsp3) is 0.238. The smallest absolute Gasteiger partial charge is 0.494 e. The van der Waals surface area contributed by atoms with Gasteiger partial charge in [0.2, 0.25) is 5.95 Å². The van der Waals surface area contributed by atoms with Crippen LogP contribution < -0.4 is 20.1 Å². The Morgan fingerprint density at radius 1 is 1.00 bits per heavy atom. The lowest BCUT2D eigenvalue weighted by Gasteiger charge is -2.13. The Bertz CT molecular complexity index is 998. The van der Waals surface area contributed by atoms with Crippen molar-refractivity contribution in [1.82, 2.24) is 9.97 Å². The number of hydrogen-bond acceptors (Lipinski definition) is 7. The normalized spacial score (nSPS) is 11.1. The van der Waals surface area contributed by atoms with E-state index in [0.717, 1.165) is 11.4 Å². The van der Waals surface area contributed by atoms with E-state index in [9.17, 15) is 13.2 Å². The summed E-state index contributed by atoms with van der Waals surface area (Å²) >= 11 is 0. The van der Waals surface area contributed by atoms with Crippen LogP contribution in [0.3, 0.4) is 0 Å². The molecule has 3 aromatic rings. The molecule has 0 saturated heterocycles. The summed E-state index contributed by atoms with van der Waals surface area (Å²) in [5.74, 6) is 0.997. The maximum Gasteiger partial charge on any atom is 0.573 e. The van der Waals surface area contributed by atoms with E-state index < -0.39 is 6.36 Å². The third kappa shape index (κ3) is 6.75. The highest BCUT2D eigenvalue weighted by Gasteiger charge is 2.31. The molecule has 3 rings (SSSR count). The van der Waals surface area contributed by atoms with Gasteiger partial charge in [0.15, 0.2) is 0 Å². The number of ether oxygens (including phenoxy) is 2. The number of rotatable bonds is 9. The maximum atomic E-state index is 12.6. The molecule has 164 valence electrons. The molecule has 0 aliphatic heterocycles. The third-order valence-corrected chi connectivity index (χ3v) is 3.92. The Hall–Kier alpha value is -3.53. The zero-order valence-corrected chi connectivity index (χ0v) is 16.6. The molecule has 0 saturated carbocycles. The summed E-state index contributed by atoms with van der Waals surface area (Å²) in [5, 5.41) is 15.1. The van der Waals surface area contributed by atoms with Crippen LogP contribution in [0.1, 0.15) is 6.92 Å². The summed E-state index contributed by atoms with van der Waals surface area (Å²) < 4.78 is 47.1. The molecule has 10 heteroatoms. The van der Waals surface area contributed by atoms with E-state index in [4.69, 9.17) is 9.84 Å². The quantitative estimate of drug-likeness (QED) is 0.454. The minimum atomic E-state index is -4.79. The van der Waals surface area contributed by atoms with Crippen molar-refractivity contribution in [3.63, 3.8) is 0 Å². The molecule has 0 radical (unpaired) electrons. The highest BCUT2D eigenvalue weighted by atomic mass is 19.4. The summed E-state index contributed by atoms with van der Waals surface area (Å²) in [6.45, 7) is 2.52. The average molecular weight is 434 g/mol. The number of benzene rings is 2. The Kier molecular flexibility index (Phi) is 7.14. The van der Waals surface area contributed by atoms with Gasteiger partial charge in [0, 0.05) is 23.9 Å². The van der Waals surface area contributed by atoms with Gasteiger partial charge in [-0.1, -0.05) is 12.1 Å². The largest absolute Gasteiger partial charge is 0.573 e. The topological polar surface area (TPSA) is 88.5 Å². The fourth-order valence-electron chi connectivity index (χ4n) is 2.71. The number of hydrogen-bond donors (Lipinski definition) is 3. The molecule has 1 aromatic heterocycles. The fourth-order valence-corrected chi connectivity index (χ4v) is 2.71. The number of aliphatic hydroxyl groups is 1. The maximum absolute atomic E-state index is 12.6. The van der Waals surface area contributed by atoms with E-state index in [1.54, 1.807) is 24.3 Å². The number of nitrogens with zero attached hydrogens (tertiary/aromatic N) is 2. The Labute approximate surface area is 176 Å². The molecular weight excluding hydrogens is 413 g/mol. The third-order valence-electron chi connectivity index (χ3n) is 3.92. The molecule has 7 nitrogen and oxygen atoms in total. The lowest BCUT2D eigenvalue weighted by atomic mass is 10.1. The molecule has 3 N–H and O–H groups in total. The van der Waals surface area contributed by atoms with Gasteiger partial charge in [-0.2, -0.15) is 4.98 Å². The Balaban J connectivity index is 1.90. The Morgan fingerprint density at radius 3 is 2.45 bits per heavy atom. The molecule has 0 aliphatic rings. The van der Waals surface area contributed by atoms with Crippen LogP contribution in [0.15, 0.2) is 54.6 Å². The molecule has 0 fully saturated rings. The van der Waals surface area contributed by atoms with Crippen molar-refractivity contribution in [2.75, 3.05) is 30.4 Å². The van der Waals surface area contributed by atoms with Crippen molar-refractivity contribution in [2.24, 2.45) is 0 Å². The lowest BCUT2D eigenvalue weighted by molar-refractivity contribution is -0.274. The summed E-state index contributed by atoms with van der Waals surface area (Å²) in [7, 11) is 0. The van der Waals surface area contributed by atoms with Crippen LogP contribution in [0, 0.1) is 0 Å². The van der Waals surface area contributed by atoms with Crippen LogP contribution >= 0.6 is 0 Å². The van der Waals surface area contributed by atoms with E-state index >= 15 is 0 Å². The first-order valence-corrected chi connectivity index (χ1v) is 9.46. The zero-order chi connectivity index (χ0) is 22.3. The monoisotopic (exact) mass is 434 g/mol. The summed E-state index contributed by atoms with van der Waals surface area (Å²) in [5.41, 5.74) is 1.51. The number of alkyl halides is 3. The van der Waals surface area contributed by atoms with Gasteiger partial charge >= 0.3 is 6.36 Å². The number of aliphatic hydroxyl groups excluding tert-OH is 1. The molecule has 31 heavy (non-hydrogen) atoms. The molecule has 0 bridgehead atoms. The second kappa shape index (κ2) is 9.98. The first-order chi connectivity index (χ1) is 14.9. The molecule has 0 atom stereocenters. The molecule has 0 spiro atoms. The minimum Gasteiger partial charge on any atom is -0.494 e. The van der Waals surface area contributed by atoms with Gasteiger partial charge in [-0.3, -0.25) is 0 Å². The van der Waals surface area contributed by atoms with Gasteiger partial charge in [0.1, 0.15) is 17.3 Å². The van der Waals surface area contributed by atoms with E-state index in [1.165, 1.54) is 18.2 Å². The van der Waals surface area contributed by atoms with Crippen LogP contribution in [0.4, 0.5) is 30.6 Å². The zero-order valence-electron chi connectivity index (χ0n) is 16.6. The van der Waals surface area contributed by atoms with Crippen molar-refractivity contribution in [3.05, 3.63) is 54.6 Å².